The van der Waals surface area contributed by atoms with E-state index in [4.69, 9.17) is 5.11 Å². The second-order valence-corrected chi connectivity index (χ2v) is 5.06. The number of sulfonamides is 1. The van der Waals surface area contributed by atoms with Crippen LogP contribution in [0, 0.1) is 0 Å². The number of para-hydroxylation sites is 1. The molecule has 1 rings (SSSR count). The third kappa shape index (κ3) is 3.19. The van der Waals surface area contributed by atoms with Gasteiger partial charge in [0.15, 0.2) is 0 Å². The predicted molar refractivity (Wildman–Crippen MR) is 62.9 cm³/mol. The van der Waals surface area contributed by atoms with Gasteiger partial charge < -0.3 is 10.4 Å². The summed E-state index contributed by atoms with van der Waals surface area (Å²) in [6, 6.07) is 6.66. The van der Waals surface area contributed by atoms with Gasteiger partial charge in [-0.05, 0) is 25.6 Å². The lowest BCUT2D eigenvalue weighted by Gasteiger charge is -2.11. The fourth-order valence-electron chi connectivity index (χ4n) is 1.26. The third-order valence-electron chi connectivity index (χ3n) is 2.10. The number of hydrogen-bond donors (Lipinski definition) is 3. The van der Waals surface area contributed by atoms with Crippen LogP contribution in [-0.4, -0.2) is 33.7 Å². The number of rotatable bonds is 6. The Hall–Kier alpha value is -1.11. The molecule has 0 radical (unpaired) electrons. The Bertz CT molecular complexity index is 431. The van der Waals surface area contributed by atoms with Gasteiger partial charge in [0.2, 0.25) is 10.0 Å². The molecule has 0 spiro atoms. The Kier molecular flexibility index (Phi) is 4.72. The van der Waals surface area contributed by atoms with Crippen LogP contribution in [0.15, 0.2) is 29.2 Å². The molecule has 0 aromatic heterocycles. The maximum Gasteiger partial charge on any atom is 0.242 e. The van der Waals surface area contributed by atoms with Crippen molar-refractivity contribution in [3.8, 4) is 0 Å². The van der Waals surface area contributed by atoms with Gasteiger partial charge >= 0.3 is 0 Å². The van der Waals surface area contributed by atoms with Crippen LogP contribution in [0.4, 0.5) is 5.69 Å². The number of benzene rings is 1. The summed E-state index contributed by atoms with van der Waals surface area (Å²) in [5, 5.41) is 11.6. The molecule has 5 nitrogen and oxygen atoms in total. The molecule has 0 aliphatic carbocycles. The Morgan fingerprint density at radius 3 is 2.62 bits per heavy atom. The van der Waals surface area contributed by atoms with Gasteiger partial charge in [-0.1, -0.05) is 12.1 Å². The summed E-state index contributed by atoms with van der Waals surface area (Å²) in [5.41, 5.74) is 0.547. The Balaban J connectivity index is 2.92. The highest BCUT2D eigenvalue weighted by Crippen LogP contribution is 2.19. The van der Waals surface area contributed by atoms with E-state index >= 15 is 0 Å². The number of hydrogen-bond acceptors (Lipinski definition) is 4. The minimum Gasteiger partial charge on any atom is -0.396 e. The van der Waals surface area contributed by atoms with Crippen LogP contribution in [0.3, 0.4) is 0 Å². The van der Waals surface area contributed by atoms with E-state index in [1.54, 1.807) is 18.2 Å². The second kappa shape index (κ2) is 5.83. The quantitative estimate of drug-likeness (QED) is 0.632. The molecule has 1 aromatic rings. The molecule has 0 aliphatic rings. The second-order valence-electron chi connectivity index (χ2n) is 3.21. The van der Waals surface area contributed by atoms with Gasteiger partial charge in [0.1, 0.15) is 4.90 Å². The molecule has 0 fully saturated rings. The summed E-state index contributed by atoms with van der Waals surface area (Å²) in [6.45, 7) is 0.612. The molecule has 0 aliphatic heterocycles. The van der Waals surface area contributed by atoms with E-state index in [0.29, 0.717) is 18.7 Å². The summed E-state index contributed by atoms with van der Waals surface area (Å²) < 4.78 is 25.6. The van der Waals surface area contributed by atoms with Gasteiger partial charge in [-0.2, -0.15) is 0 Å². The van der Waals surface area contributed by atoms with E-state index in [0.717, 1.165) is 0 Å². The summed E-state index contributed by atoms with van der Waals surface area (Å²) in [5.74, 6) is 0. The van der Waals surface area contributed by atoms with Crippen LogP contribution in [-0.2, 0) is 10.0 Å². The number of nitrogens with one attached hydrogen (secondary N) is 2. The molecule has 1 aromatic carbocycles. The number of aliphatic hydroxyl groups is 1. The first-order chi connectivity index (χ1) is 7.61. The Labute approximate surface area is 95.5 Å². The van der Waals surface area contributed by atoms with Crippen molar-refractivity contribution in [1.29, 1.82) is 0 Å². The van der Waals surface area contributed by atoms with Crippen LogP contribution in [0.2, 0.25) is 0 Å². The van der Waals surface area contributed by atoms with Crippen molar-refractivity contribution in [2.75, 3.05) is 25.5 Å². The lowest BCUT2D eigenvalue weighted by atomic mass is 10.3. The SMILES string of the molecule is CNS(=O)(=O)c1ccccc1NCCCO. The maximum absolute atomic E-state index is 11.7. The lowest BCUT2D eigenvalue weighted by molar-refractivity contribution is 0.292. The van der Waals surface area contributed by atoms with Crippen molar-refractivity contribution >= 4 is 15.7 Å². The first kappa shape index (κ1) is 13.0. The van der Waals surface area contributed by atoms with E-state index in [1.807, 2.05) is 0 Å². The molecule has 0 atom stereocenters. The molecular formula is C10H16N2O3S. The smallest absolute Gasteiger partial charge is 0.242 e. The number of aliphatic hydroxyl groups excluding tert-OH is 1. The largest absolute Gasteiger partial charge is 0.396 e. The molecule has 6 heteroatoms. The van der Waals surface area contributed by atoms with E-state index in [1.165, 1.54) is 13.1 Å². The van der Waals surface area contributed by atoms with Crippen molar-refractivity contribution in [1.82, 2.24) is 4.72 Å². The average Bonchev–Trinajstić information content (AvgIpc) is 2.30. The van der Waals surface area contributed by atoms with Crippen LogP contribution in [0.25, 0.3) is 0 Å². The third-order valence-corrected chi connectivity index (χ3v) is 3.57. The maximum atomic E-state index is 11.7. The predicted octanol–water partition coefficient (Wildman–Crippen LogP) is 0.389. The number of anilines is 1. The van der Waals surface area contributed by atoms with Gasteiger partial charge in [0.25, 0.3) is 0 Å². The zero-order valence-corrected chi connectivity index (χ0v) is 9.92. The highest BCUT2D eigenvalue weighted by Gasteiger charge is 2.15. The average molecular weight is 244 g/mol. The molecule has 16 heavy (non-hydrogen) atoms. The van der Waals surface area contributed by atoms with E-state index < -0.39 is 10.0 Å². The molecule has 0 amide bonds. The summed E-state index contributed by atoms with van der Waals surface area (Å²) in [6.07, 6.45) is 0.577. The van der Waals surface area contributed by atoms with Gasteiger partial charge in [0.05, 0.1) is 5.69 Å². The first-order valence-corrected chi connectivity index (χ1v) is 6.47. The van der Waals surface area contributed by atoms with E-state index in [9.17, 15) is 8.42 Å². The summed E-state index contributed by atoms with van der Waals surface area (Å²) >= 11 is 0. The van der Waals surface area contributed by atoms with Gasteiger partial charge in [0, 0.05) is 13.2 Å². The van der Waals surface area contributed by atoms with Crippen LogP contribution in [0.5, 0.6) is 0 Å². The van der Waals surface area contributed by atoms with Crippen LogP contribution in [0.1, 0.15) is 6.42 Å². The van der Waals surface area contributed by atoms with Crippen molar-refractivity contribution in [2.45, 2.75) is 11.3 Å². The monoisotopic (exact) mass is 244 g/mol. The van der Waals surface area contributed by atoms with Crippen molar-refractivity contribution in [3.05, 3.63) is 24.3 Å². The zero-order valence-electron chi connectivity index (χ0n) is 9.10. The molecule has 0 saturated heterocycles. The highest BCUT2D eigenvalue weighted by molar-refractivity contribution is 7.89. The standard InChI is InChI=1S/C10H16N2O3S/c1-11-16(14,15)10-6-3-2-5-9(10)12-7-4-8-13/h2-3,5-6,11-13H,4,7-8H2,1H3. The fourth-order valence-corrected chi connectivity index (χ4v) is 2.17. The van der Waals surface area contributed by atoms with E-state index in [-0.39, 0.29) is 11.5 Å². The van der Waals surface area contributed by atoms with Crippen molar-refractivity contribution in [3.63, 3.8) is 0 Å². The Morgan fingerprint density at radius 2 is 2.00 bits per heavy atom. The van der Waals surface area contributed by atoms with Crippen LogP contribution >= 0.6 is 0 Å². The molecule has 0 unspecified atom stereocenters. The molecule has 3 N–H and O–H groups in total. The highest BCUT2D eigenvalue weighted by atomic mass is 32.2. The van der Waals surface area contributed by atoms with Crippen LogP contribution < -0.4 is 10.0 Å². The summed E-state index contributed by atoms with van der Waals surface area (Å²) in [4.78, 5) is 0.218. The fraction of sp³-hybridized carbons (Fsp3) is 0.400. The minimum atomic E-state index is -3.44. The van der Waals surface area contributed by atoms with E-state index in [2.05, 4.69) is 10.0 Å². The van der Waals surface area contributed by atoms with Gasteiger partial charge in [-0.25, -0.2) is 13.1 Å². The molecule has 0 saturated carbocycles. The molecule has 0 heterocycles. The van der Waals surface area contributed by atoms with Crippen molar-refractivity contribution < 1.29 is 13.5 Å². The first-order valence-electron chi connectivity index (χ1n) is 4.99. The lowest BCUT2D eigenvalue weighted by Crippen LogP contribution is -2.20. The molecule has 90 valence electrons. The van der Waals surface area contributed by atoms with Crippen molar-refractivity contribution in [2.24, 2.45) is 0 Å². The van der Waals surface area contributed by atoms with Gasteiger partial charge in [-0.15, -0.1) is 0 Å². The normalized spacial score (nSPS) is 11.4. The summed E-state index contributed by atoms with van der Waals surface area (Å²) in [7, 11) is -2.07. The molecular weight excluding hydrogens is 228 g/mol. The molecule has 0 bridgehead atoms. The Morgan fingerprint density at radius 1 is 1.31 bits per heavy atom. The minimum absolute atomic E-state index is 0.0773. The van der Waals surface area contributed by atoms with Gasteiger partial charge in [-0.3, -0.25) is 0 Å². The zero-order chi connectivity index (χ0) is 12.0. The topological polar surface area (TPSA) is 78.4 Å².